The van der Waals surface area contributed by atoms with Crippen LogP contribution >= 0.6 is 22.7 Å². The van der Waals surface area contributed by atoms with Crippen molar-refractivity contribution >= 4 is 92.9 Å². The van der Waals surface area contributed by atoms with Gasteiger partial charge in [-0.05, 0) is 98.5 Å². The smallest absolute Gasteiger partial charge is 0.497 e. The van der Waals surface area contributed by atoms with Crippen molar-refractivity contribution in [3.05, 3.63) is 150 Å². The number of sulfone groups is 1. The number of thiophene rings is 2. The lowest BCUT2D eigenvalue weighted by atomic mass is 10.1. The third kappa shape index (κ3) is 14.1. The van der Waals surface area contributed by atoms with Crippen LogP contribution in [-0.2, 0) is 43.0 Å². The van der Waals surface area contributed by atoms with E-state index in [4.69, 9.17) is 10.5 Å². The van der Waals surface area contributed by atoms with Crippen molar-refractivity contribution in [3.8, 4) is 5.75 Å². The van der Waals surface area contributed by atoms with Crippen LogP contribution in [0.15, 0.2) is 123 Å². The minimum atomic E-state index is -5.78. The molecule has 0 radical (unpaired) electrons. The Hall–Kier alpha value is -7.29. The normalized spacial score (nSPS) is 15.1. The first-order valence-corrected chi connectivity index (χ1v) is 29.3. The number of piperidine rings is 2. The average molecular weight is 1180 g/mol. The fourth-order valence-corrected chi connectivity index (χ4v) is 14.6. The molecule has 2 fully saturated rings. The van der Waals surface area contributed by atoms with Gasteiger partial charge in [-0.25, -0.2) is 30.2 Å². The number of nitrogen functional groups attached to an aromatic ring is 1. The Morgan fingerprint density at radius 2 is 1.23 bits per heavy atom. The van der Waals surface area contributed by atoms with Crippen LogP contribution in [0.3, 0.4) is 0 Å². The van der Waals surface area contributed by atoms with Gasteiger partial charge in [0.05, 0.1) is 40.6 Å². The highest BCUT2D eigenvalue weighted by Crippen LogP contribution is 2.36. The molecule has 6 aromatic rings. The Balaban J connectivity index is 0.000000231. The maximum Gasteiger partial charge on any atom is 0.501 e. The molecule has 2 aliphatic heterocycles. The molecule has 416 valence electrons. The molecule has 0 saturated carbocycles. The second kappa shape index (κ2) is 24.6. The first-order chi connectivity index (χ1) is 36.9. The number of sulfonamides is 2. The van der Waals surface area contributed by atoms with Crippen molar-refractivity contribution in [1.29, 1.82) is 0 Å². The molecule has 3 aromatic heterocycles. The van der Waals surface area contributed by atoms with Crippen molar-refractivity contribution in [2.45, 2.75) is 69.7 Å². The number of amides is 2. The van der Waals surface area contributed by atoms with Gasteiger partial charge in [0, 0.05) is 83.5 Å². The number of benzene rings is 3. The monoisotopic (exact) mass is 1180 g/mol. The summed E-state index contributed by atoms with van der Waals surface area (Å²) < 4.78 is 123. The molecule has 5 heterocycles. The standard InChI is InChI=1S/C25H25F3N4O8S3.C22H24N6O5S2/c1-40-18-4-2-3-16(13-18)24(33)29-15-19-5-8-23(41-19)43(38,39)31-11-9-17(10-12-31)30-21-7-6-20(14-22(21)32(34)35)42(36,37)25(26,27)28;23-19-5-2-10-24-21(19)26-16-8-11-27(12-9-16)35(32,33)20-7-6-18(34-20)14-25-22(29)15-3-1-4-17(13-15)28(30)31/h2-8,13-14,17,30H,9-12,15H2,1H3,(H,29,33);1-7,10,13,16H,8-9,11-12,14,23H2,(H,24,26)(H,25,29). The lowest BCUT2D eigenvalue weighted by molar-refractivity contribution is -0.384. The van der Waals surface area contributed by atoms with Crippen molar-refractivity contribution in [1.82, 2.24) is 24.2 Å². The summed E-state index contributed by atoms with van der Waals surface area (Å²) in [5, 5.41) is 33.9. The molecular weight excluding hydrogens is 1130 g/mol. The van der Waals surface area contributed by atoms with E-state index in [0.29, 0.717) is 70.6 Å². The number of aromatic nitrogens is 1. The van der Waals surface area contributed by atoms with Crippen molar-refractivity contribution in [2.75, 3.05) is 49.7 Å². The molecule has 3 aromatic carbocycles. The third-order valence-electron chi connectivity index (χ3n) is 12.2. The lowest BCUT2D eigenvalue weighted by Crippen LogP contribution is -2.42. The van der Waals surface area contributed by atoms with E-state index in [0.717, 1.165) is 28.7 Å². The summed E-state index contributed by atoms with van der Waals surface area (Å²) >= 11 is 2.09. The molecular formula is C47H49F3N10O13S5. The number of nitro benzene ring substituents is 2. The van der Waals surface area contributed by atoms with E-state index in [-0.39, 0.29) is 76.3 Å². The number of carbonyl (C=O) groups is 2. The van der Waals surface area contributed by atoms with Crippen LogP contribution in [0.5, 0.6) is 5.75 Å². The molecule has 2 amide bonds. The Morgan fingerprint density at radius 1 is 0.705 bits per heavy atom. The summed E-state index contributed by atoms with van der Waals surface area (Å²) in [5.41, 5.74) is 0.170. The van der Waals surface area contributed by atoms with Crippen molar-refractivity contribution < 1.29 is 62.6 Å². The molecule has 8 rings (SSSR count). The second-order valence-electron chi connectivity index (χ2n) is 17.3. The number of halogens is 3. The Kier molecular flexibility index (Phi) is 18.4. The quantitative estimate of drug-likeness (QED) is 0.0428. The molecule has 6 N–H and O–H groups in total. The van der Waals surface area contributed by atoms with Gasteiger partial charge in [0.15, 0.2) is 0 Å². The molecule has 31 heteroatoms. The minimum Gasteiger partial charge on any atom is -0.497 e. The van der Waals surface area contributed by atoms with Gasteiger partial charge in [-0.2, -0.15) is 21.8 Å². The summed E-state index contributed by atoms with van der Waals surface area (Å²) in [6.07, 6.45) is 3.32. The van der Waals surface area contributed by atoms with E-state index < -0.39 is 67.8 Å². The first kappa shape index (κ1) is 58.4. The van der Waals surface area contributed by atoms with Crippen LogP contribution in [-0.4, -0.2) is 111 Å². The van der Waals surface area contributed by atoms with E-state index >= 15 is 0 Å². The molecule has 2 aliphatic rings. The second-order valence-corrected chi connectivity index (χ2v) is 25.9. The summed E-state index contributed by atoms with van der Waals surface area (Å²) in [5.74, 6) is 0.283. The van der Waals surface area contributed by atoms with Gasteiger partial charge < -0.3 is 31.7 Å². The maximum atomic E-state index is 13.2. The molecule has 0 bridgehead atoms. The number of anilines is 3. The zero-order valence-corrected chi connectivity index (χ0v) is 45.0. The number of methoxy groups -OCH3 is 1. The largest absolute Gasteiger partial charge is 0.501 e. The first-order valence-electron chi connectivity index (χ1n) is 23.3. The van der Waals surface area contributed by atoms with E-state index in [9.17, 15) is 68.2 Å². The highest BCUT2D eigenvalue weighted by molar-refractivity contribution is 7.92. The summed E-state index contributed by atoms with van der Waals surface area (Å²) in [6.45, 7) is 1.04. The number of rotatable bonds is 18. The van der Waals surface area contributed by atoms with Gasteiger partial charge in [-0.1, -0.05) is 12.1 Å². The van der Waals surface area contributed by atoms with Crippen LogP contribution in [0, 0.1) is 20.2 Å². The topological polar surface area (TPSA) is 326 Å². The van der Waals surface area contributed by atoms with E-state index in [1.807, 2.05) is 0 Å². The Bertz CT molecular complexity index is 3530. The van der Waals surface area contributed by atoms with Gasteiger partial charge in [0.1, 0.15) is 25.7 Å². The van der Waals surface area contributed by atoms with E-state index in [1.54, 1.807) is 54.7 Å². The Labute approximate surface area is 452 Å². The zero-order valence-electron chi connectivity index (χ0n) is 40.9. The van der Waals surface area contributed by atoms with E-state index in [2.05, 4.69) is 26.3 Å². The highest BCUT2D eigenvalue weighted by Gasteiger charge is 2.47. The molecule has 2 saturated heterocycles. The average Bonchev–Trinajstić information content (AvgIpc) is 4.21. The lowest BCUT2D eigenvalue weighted by Gasteiger charge is -2.31. The number of nitro groups is 2. The number of nitrogens with two attached hydrogens (primary N) is 1. The van der Waals surface area contributed by atoms with Crippen molar-refractivity contribution in [2.24, 2.45) is 0 Å². The molecule has 0 spiro atoms. The molecule has 0 unspecified atom stereocenters. The number of hydrogen-bond donors (Lipinski definition) is 5. The number of alkyl halides is 3. The number of pyridine rings is 1. The van der Waals surface area contributed by atoms with Crippen LogP contribution in [0.1, 0.15) is 56.2 Å². The number of ether oxygens (including phenoxy) is 1. The number of nitrogens with zero attached hydrogens (tertiary/aromatic N) is 5. The molecule has 0 aliphatic carbocycles. The maximum absolute atomic E-state index is 13.2. The van der Waals surface area contributed by atoms with Crippen LogP contribution in [0.4, 0.5) is 41.7 Å². The number of nitrogens with one attached hydrogen (secondary N) is 4. The number of non-ortho nitro benzene ring substituents is 1. The van der Waals surface area contributed by atoms with Crippen molar-refractivity contribution in [3.63, 3.8) is 0 Å². The SMILES string of the molecule is COc1cccc(C(=O)NCc2ccc(S(=O)(=O)N3CCC(Nc4ccc(S(=O)(=O)C(F)(F)F)cc4[N+](=O)[O-])CC3)s2)c1.Nc1cccnc1NC1CCN(S(=O)(=O)c2ccc(CNC(=O)c3cccc([N+](=O)[O-])c3)s2)CC1. The van der Waals surface area contributed by atoms with Gasteiger partial charge in [-0.15, -0.1) is 22.7 Å². The third-order valence-corrected chi connectivity index (χ3v) is 20.6. The van der Waals surface area contributed by atoms with Crippen LogP contribution in [0.2, 0.25) is 0 Å². The molecule has 23 nitrogen and oxygen atoms in total. The van der Waals surface area contributed by atoms with Crippen LogP contribution in [0.25, 0.3) is 0 Å². The summed E-state index contributed by atoms with van der Waals surface area (Å²) in [6, 6.07) is 23.2. The van der Waals surface area contributed by atoms with E-state index in [1.165, 1.54) is 52.1 Å². The number of carbonyl (C=O) groups excluding carboxylic acids is 2. The minimum absolute atomic E-state index is 0.0497. The zero-order chi connectivity index (χ0) is 56.6. The summed E-state index contributed by atoms with van der Waals surface area (Å²) in [4.78, 5) is 49.9. The summed E-state index contributed by atoms with van der Waals surface area (Å²) in [7, 11) is -11.8. The van der Waals surface area contributed by atoms with Crippen LogP contribution < -0.4 is 31.7 Å². The Morgan fingerprint density at radius 3 is 1.73 bits per heavy atom. The van der Waals surface area contributed by atoms with Gasteiger partial charge in [0.2, 0.25) is 0 Å². The van der Waals surface area contributed by atoms with Gasteiger partial charge in [0.25, 0.3) is 53.1 Å². The molecule has 0 atom stereocenters. The predicted octanol–water partition coefficient (Wildman–Crippen LogP) is 6.98. The predicted molar refractivity (Wildman–Crippen MR) is 283 cm³/mol. The highest BCUT2D eigenvalue weighted by atomic mass is 32.3. The fourth-order valence-electron chi connectivity index (χ4n) is 8.02. The molecule has 78 heavy (non-hydrogen) atoms. The number of hydrogen-bond acceptors (Lipinski definition) is 19. The van der Waals surface area contributed by atoms with Gasteiger partial charge >= 0.3 is 5.51 Å². The fraction of sp³-hybridized carbons (Fsp3) is 0.298. The van der Waals surface area contributed by atoms with Gasteiger partial charge in [-0.3, -0.25) is 29.8 Å².